The second-order valence-electron chi connectivity index (χ2n) is 4.67. The standard InChI is InChI=1S/C16H16N2O3/c1-18(16(20)21)15-8-4-13(5-9-15)10-12-2-6-14(7-3-12)17-11-19/h2-9,16,20-21H,10H2,1H3. The molecule has 5 nitrogen and oxygen atoms in total. The summed E-state index contributed by atoms with van der Waals surface area (Å²) in [7, 11) is 1.60. The molecule has 21 heavy (non-hydrogen) atoms. The van der Waals surface area contributed by atoms with Crippen molar-refractivity contribution >= 4 is 17.5 Å². The van der Waals surface area contributed by atoms with Crippen LogP contribution in [0, 0.1) is 0 Å². The maximum Gasteiger partial charge on any atom is 0.240 e. The van der Waals surface area contributed by atoms with Crippen LogP contribution in [0.1, 0.15) is 11.1 Å². The number of anilines is 1. The number of aliphatic imine (C=N–C) groups is 1. The molecular formula is C16H16N2O3. The normalized spacial score (nSPS) is 10.3. The molecule has 0 aliphatic carbocycles. The maximum atomic E-state index is 10.2. The predicted molar refractivity (Wildman–Crippen MR) is 80.1 cm³/mol. The molecule has 0 saturated heterocycles. The first-order valence-electron chi connectivity index (χ1n) is 6.45. The van der Waals surface area contributed by atoms with Crippen LogP contribution in [0.4, 0.5) is 11.4 Å². The predicted octanol–water partition coefficient (Wildman–Crippen LogP) is 1.95. The smallest absolute Gasteiger partial charge is 0.240 e. The summed E-state index contributed by atoms with van der Waals surface area (Å²) in [5.74, 6) is 0. The molecule has 0 atom stereocenters. The lowest BCUT2D eigenvalue weighted by atomic mass is 10.0. The molecule has 0 bridgehead atoms. The third kappa shape index (κ3) is 4.00. The molecule has 2 aromatic carbocycles. The van der Waals surface area contributed by atoms with Gasteiger partial charge >= 0.3 is 0 Å². The Morgan fingerprint density at radius 1 is 1.05 bits per heavy atom. The van der Waals surface area contributed by atoms with E-state index in [0.717, 1.165) is 23.2 Å². The fraction of sp³-hybridized carbons (Fsp3) is 0.188. The van der Waals surface area contributed by atoms with Gasteiger partial charge in [-0.3, -0.25) is 0 Å². The summed E-state index contributed by atoms with van der Waals surface area (Å²) >= 11 is 0. The van der Waals surface area contributed by atoms with Crippen molar-refractivity contribution in [2.45, 2.75) is 12.8 Å². The fourth-order valence-electron chi connectivity index (χ4n) is 1.96. The van der Waals surface area contributed by atoms with Gasteiger partial charge in [0.25, 0.3) is 0 Å². The van der Waals surface area contributed by atoms with E-state index in [9.17, 15) is 4.79 Å². The van der Waals surface area contributed by atoms with Crippen molar-refractivity contribution in [3.63, 3.8) is 0 Å². The first kappa shape index (κ1) is 14.9. The van der Waals surface area contributed by atoms with Crippen LogP contribution in [0.3, 0.4) is 0 Å². The molecule has 2 rings (SSSR count). The Morgan fingerprint density at radius 2 is 1.57 bits per heavy atom. The molecule has 0 radical (unpaired) electrons. The van der Waals surface area contributed by atoms with E-state index in [1.54, 1.807) is 19.2 Å². The summed E-state index contributed by atoms with van der Waals surface area (Å²) in [5, 5.41) is 18.2. The highest BCUT2D eigenvalue weighted by Gasteiger charge is 2.07. The molecule has 0 aliphatic rings. The molecule has 0 spiro atoms. The minimum Gasteiger partial charge on any atom is -0.351 e. The van der Waals surface area contributed by atoms with Crippen LogP contribution in [0.5, 0.6) is 0 Å². The van der Waals surface area contributed by atoms with Gasteiger partial charge in [0.2, 0.25) is 12.5 Å². The molecule has 0 fully saturated rings. The molecule has 2 N–H and O–H groups in total. The quantitative estimate of drug-likeness (QED) is 0.500. The van der Waals surface area contributed by atoms with E-state index in [2.05, 4.69) is 4.99 Å². The van der Waals surface area contributed by atoms with Gasteiger partial charge in [0, 0.05) is 12.7 Å². The van der Waals surface area contributed by atoms with E-state index in [-0.39, 0.29) is 0 Å². The number of hydrogen-bond donors (Lipinski definition) is 2. The second-order valence-corrected chi connectivity index (χ2v) is 4.67. The summed E-state index contributed by atoms with van der Waals surface area (Å²) < 4.78 is 0. The van der Waals surface area contributed by atoms with Crippen molar-refractivity contribution < 1.29 is 15.0 Å². The average Bonchev–Trinajstić information content (AvgIpc) is 2.49. The Bertz CT molecular complexity index is 630. The number of hydrogen-bond acceptors (Lipinski definition) is 5. The van der Waals surface area contributed by atoms with Crippen LogP contribution >= 0.6 is 0 Å². The highest BCUT2D eigenvalue weighted by atomic mass is 16.5. The lowest BCUT2D eigenvalue weighted by Gasteiger charge is -2.21. The Morgan fingerprint density at radius 3 is 2.05 bits per heavy atom. The van der Waals surface area contributed by atoms with Crippen LogP contribution in [-0.4, -0.2) is 29.8 Å². The van der Waals surface area contributed by atoms with Crippen LogP contribution in [-0.2, 0) is 11.2 Å². The molecular weight excluding hydrogens is 268 g/mol. The average molecular weight is 284 g/mol. The van der Waals surface area contributed by atoms with Gasteiger partial charge in [-0.25, -0.2) is 4.79 Å². The van der Waals surface area contributed by atoms with E-state index in [1.807, 2.05) is 36.4 Å². The number of isocyanates is 1. The van der Waals surface area contributed by atoms with Crippen molar-refractivity contribution in [2.75, 3.05) is 11.9 Å². The number of nitrogens with zero attached hydrogens (tertiary/aromatic N) is 2. The van der Waals surface area contributed by atoms with E-state index in [4.69, 9.17) is 10.2 Å². The summed E-state index contributed by atoms with van der Waals surface area (Å²) in [6.07, 6.45) is 0.743. The number of benzene rings is 2. The monoisotopic (exact) mass is 284 g/mol. The molecule has 0 unspecified atom stereocenters. The van der Waals surface area contributed by atoms with E-state index < -0.39 is 6.41 Å². The van der Waals surface area contributed by atoms with Gasteiger partial charge in [0.15, 0.2) is 0 Å². The molecule has 0 heterocycles. The van der Waals surface area contributed by atoms with Crippen molar-refractivity contribution in [3.8, 4) is 0 Å². The molecule has 0 amide bonds. The summed E-state index contributed by atoms with van der Waals surface area (Å²) in [6, 6.07) is 14.9. The lowest BCUT2D eigenvalue weighted by molar-refractivity contribution is -0.0371. The summed E-state index contributed by atoms with van der Waals surface area (Å²) in [5.41, 5.74) is 3.52. The highest BCUT2D eigenvalue weighted by Crippen LogP contribution is 2.18. The number of aliphatic hydroxyl groups is 2. The summed E-state index contributed by atoms with van der Waals surface area (Å²) in [4.78, 5) is 15.1. The van der Waals surface area contributed by atoms with Gasteiger partial charge in [-0.1, -0.05) is 24.3 Å². The van der Waals surface area contributed by atoms with Gasteiger partial charge < -0.3 is 15.1 Å². The third-order valence-corrected chi connectivity index (χ3v) is 3.21. The number of aliphatic hydroxyl groups excluding tert-OH is 1. The first-order valence-corrected chi connectivity index (χ1v) is 6.45. The number of rotatable bonds is 5. The summed E-state index contributed by atoms with van der Waals surface area (Å²) in [6.45, 7) is 0. The van der Waals surface area contributed by atoms with Gasteiger partial charge in [-0.2, -0.15) is 4.99 Å². The number of carbonyl (C=O) groups excluding carboxylic acids is 1. The maximum absolute atomic E-state index is 10.2. The topological polar surface area (TPSA) is 73.1 Å². The van der Waals surface area contributed by atoms with Crippen LogP contribution < -0.4 is 4.90 Å². The van der Waals surface area contributed by atoms with Crippen molar-refractivity contribution in [1.82, 2.24) is 0 Å². The third-order valence-electron chi connectivity index (χ3n) is 3.21. The Kier molecular flexibility index (Phi) is 4.85. The van der Waals surface area contributed by atoms with E-state index in [1.165, 1.54) is 11.0 Å². The molecule has 2 aromatic rings. The van der Waals surface area contributed by atoms with E-state index in [0.29, 0.717) is 5.69 Å². The molecule has 0 aliphatic heterocycles. The largest absolute Gasteiger partial charge is 0.351 e. The SMILES string of the molecule is CN(c1ccc(Cc2ccc(N=C=O)cc2)cc1)C(O)O. The Hall–Kier alpha value is -2.46. The van der Waals surface area contributed by atoms with Crippen molar-refractivity contribution in [1.29, 1.82) is 0 Å². The van der Waals surface area contributed by atoms with Gasteiger partial charge in [0.1, 0.15) is 0 Å². The Balaban J connectivity index is 2.07. The minimum absolute atomic E-state index is 0.586. The minimum atomic E-state index is -1.51. The van der Waals surface area contributed by atoms with Crippen LogP contribution in [0.15, 0.2) is 53.5 Å². The van der Waals surface area contributed by atoms with Crippen LogP contribution in [0.25, 0.3) is 0 Å². The van der Waals surface area contributed by atoms with E-state index >= 15 is 0 Å². The Labute approximate surface area is 122 Å². The van der Waals surface area contributed by atoms with Crippen molar-refractivity contribution in [3.05, 3.63) is 59.7 Å². The zero-order valence-electron chi connectivity index (χ0n) is 11.6. The first-order chi connectivity index (χ1) is 10.1. The molecule has 0 saturated carbocycles. The van der Waals surface area contributed by atoms with Crippen LogP contribution in [0.2, 0.25) is 0 Å². The zero-order valence-corrected chi connectivity index (χ0v) is 11.6. The lowest BCUT2D eigenvalue weighted by Crippen LogP contribution is -2.30. The fourth-order valence-corrected chi connectivity index (χ4v) is 1.96. The van der Waals surface area contributed by atoms with Gasteiger partial charge in [-0.15, -0.1) is 0 Å². The zero-order chi connectivity index (χ0) is 15.2. The highest BCUT2D eigenvalue weighted by molar-refractivity contribution is 5.50. The van der Waals surface area contributed by atoms with Crippen molar-refractivity contribution in [2.24, 2.45) is 4.99 Å². The van der Waals surface area contributed by atoms with Gasteiger partial charge in [-0.05, 0) is 41.8 Å². The molecule has 108 valence electrons. The van der Waals surface area contributed by atoms with Gasteiger partial charge in [0.05, 0.1) is 5.69 Å². The molecule has 5 heteroatoms. The second kappa shape index (κ2) is 6.81. The molecule has 0 aromatic heterocycles.